The van der Waals surface area contributed by atoms with Crippen molar-refractivity contribution < 1.29 is 22.4 Å². The van der Waals surface area contributed by atoms with Crippen LogP contribution in [0.25, 0.3) is 0 Å². The molecule has 0 aliphatic heterocycles. The molecule has 0 aliphatic carbocycles. The second kappa shape index (κ2) is 15.0. The lowest BCUT2D eigenvalue weighted by molar-refractivity contribution is -0.140. The van der Waals surface area contributed by atoms with Gasteiger partial charge in [-0.15, -0.1) is 0 Å². The Morgan fingerprint density at radius 2 is 1.47 bits per heavy atom. The Labute approximate surface area is 265 Å². The number of nitrogens with zero attached hydrogens (tertiary/aromatic N) is 2. The summed E-state index contributed by atoms with van der Waals surface area (Å²) in [5, 5.41) is 2.94. The van der Waals surface area contributed by atoms with Crippen LogP contribution >= 0.6 is 0 Å². The molecular weight excluding hydrogens is 589 g/mol. The molecule has 4 aromatic rings. The zero-order valence-electron chi connectivity index (χ0n) is 26.1. The minimum atomic E-state index is -4.22. The van der Waals surface area contributed by atoms with E-state index in [0.717, 1.165) is 15.4 Å². The third kappa shape index (κ3) is 8.57. The van der Waals surface area contributed by atoms with Crippen molar-refractivity contribution in [3.63, 3.8) is 0 Å². The summed E-state index contributed by atoms with van der Waals surface area (Å²) >= 11 is 0. The van der Waals surface area contributed by atoms with Crippen LogP contribution in [0.3, 0.4) is 0 Å². The molecule has 0 fully saturated rings. The maximum Gasteiger partial charge on any atom is 0.264 e. The quantitative estimate of drug-likeness (QED) is 0.195. The number of anilines is 1. The number of benzene rings is 4. The van der Waals surface area contributed by atoms with Crippen molar-refractivity contribution in [2.75, 3.05) is 17.4 Å². The standard InChI is InChI=1S/C36H40FN3O4S/c1-26(2)23-38-36(42)34(22-29-13-7-5-8-14-29)39(24-30-15-11-12-18-32(30)37)35(41)25-40(33-21-27(3)19-20-28(33)4)45(43,44)31-16-9-6-10-17-31/h5-21,26,34H,22-25H2,1-4H3,(H,38,42). The first kappa shape index (κ1) is 33.4. The minimum absolute atomic E-state index is 0.0230. The molecule has 236 valence electrons. The molecule has 0 radical (unpaired) electrons. The summed E-state index contributed by atoms with van der Waals surface area (Å²) in [5.41, 5.74) is 2.84. The number of halogens is 1. The normalized spacial score (nSPS) is 12.0. The van der Waals surface area contributed by atoms with Gasteiger partial charge in [-0.05, 0) is 60.7 Å². The molecule has 4 rings (SSSR count). The van der Waals surface area contributed by atoms with Crippen molar-refractivity contribution in [3.8, 4) is 0 Å². The van der Waals surface area contributed by atoms with Gasteiger partial charge in [0, 0.05) is 25.1 Å². The lowest BCUT2D eigenvalue weighted by Gasteiger charge is -2.34. The Morgan fingerprint density at radius 1 is 0.844 bits per heavy atom. The SMILES string of the molecule is Cc1ccc(C)c(N(CC(=O)N(Cc2ccccc2F)C(Cc2ccccc2)C(=O)NCC(C)C)S(=O)(=O)c2ccccc2)c1. The molecule has 1 N–H and O–H groups in total. The number of hydrogen-bond acceptors (Lipinski definition) is 4. The molecule has 4 aromatic carbocycles. The van der Waals surface area contributed by atoms with Gasteiger partial charge in [-0.25, -0.2) is 12.8 Å². The molecule has 1 atom stereocenters. The highest BCUT2D eigenvalue weighted by Gasteiger charge is 2.35. The Morgan fingerprint density at radius 3 is 2.11 bits per heavy atom. The van der Waals surface area contributed by atoms with Crippen molar-refractivity contribution in [3.05, 3.63) is 131 Å². The summed E-state index contributed by atoms with van der Waals surface area (Å²) in [5.74, 6) is -1.42. The molecule has 45 heavy (non-hydrogen) atoms. The minimum Gasteiger partial charge on any atom is -0.354 e. The number of amides is 2. The first-order chi connectivity index (χ1) is 21.5. The highest BCUT2D eigenvalue weighted by molar-refractivity contribution is 7.92. The van der Waals surface area contributed by atoms with Crippen LogP contribution in [0, 0.1) is 25.6 Å². The fraction of sp³-hybridized carbons (Fsp3) is 0.278. The topological polar surface area (TPSA) is 86.8 Å². The lowest BCUT2D eigenvalue weighted by atomic mass is 10.0. The first-order valence-corrected chi connectivity index (χ1v) is 16.4. The van der Waals surface area contributed by atoms with E-state index in [-0.39, 0.29) is 29.3 Å². The number of carbonyl (C=O) groups excluding carboxylic acids is 2. The molecule has 7 nitrogen and oxygen atoms in total. The van der Waals surface area contributed by atoms with Crippen molar-refractivity contribution >= 4 is 27.5 Å². The number of nitrogens with one attached hydrogen (secondary N) is 1. The van der Waals surface area contributed by atoms with Gasteiger partial charge in [0.2, 0.25) is 11.8 Å². The molecule has 2 amide bonds. The van der Waals surface area contributed by atoms with Gasteiger partial charge >= 0.3 is 0 Å². The maximum absolute atomic E-state index is 15.0. The average molecular weight is 630 g/mol. The highest BCUT2D eigenvalue weighted by atomic mass is 32.2. The van der Waals surface area contributed by atoms with E-state index in [9.17, 15) is 18.0 Å². The number of sulfonamides is 1. The predicted octanol–water partition coefficient (Wildman–Crippen LogP) is 6.05. The van der Waals surface area contributed by atoms with Crippen molar-refractivity contribution in [2.24, 2.45) is 5.92 Å². The smallest absolute Gasteiger partial charge is 0.264 e. The summed E-state index contributed by atoms with van der Waals surface area (Å²) in [4.78, 5) is 29.7. The van der Waals surface area contributed by atoms with E-state index < -0.39 is 40.2 Å². The van der Waals surface area contributed by atoms with Gasteiger partial charge in [-0.1, -0.05) is 92.7 Å². The van der Waals surface area contributed by atoms with E-state index in [1.54, 1.807) is 55.5 Å². The fourth-order valence-electron chi connectivity index (χ4n) is 5.01. The first-order valence-electron chi connectivity index (χ1n) is 15.0. The predicted molar refractivity (Wildman–Crippen MR) is 176 cm³/mol. The summed E-state index contributed by atoms with van der Waals surface area (Å²) in [7, 11) is -4.22. The van der Waals surface area contributed by atoms with Gasteiger partial charge in [-0.2, -0.15) is 0 Å². The molecular formula is C36H40FN3O4S. The van der Waals surface area contributed by atoms with E-state index in [1.807, 2.05) is 57.2 Å². The summed E-state index contributed by atoms with van der Waals surface area (Å²) in [6.07, 6.45) is 0.153. The fourth-order valence-corrected chi connectivity index (χ4v) is 6.50. The van der Waals surface area contributed by atoms with Crippen LogP contribution < -0.4 is 9.62 Å². The van der Waals surface area contributed by atoms with E-state index in [2.05, 4.69) is 5.32 Å². The Balaban J connectivity index is 1.83. The molecule has 0 aliphatic rings. The van der Waals surface area contributed by atoms with Crippen molar-refractivity contribution in [1.29, 1.82) is 0 Å². The monoisotopic (exact) mass is 629 g/mol. The average Bonchev–Trinajstić information content (AvgIpc) is 3.03. The van der Waals surface area contributed by atoms with Crippen LogP contribution in [0.2, 0.25) is 0 Å². The number of hydrogen-bond donors (Lipinski definition) is 1. The lowest BCUT2D eigenvalue weighted by Crippen LogP contribution is -2.54. The largest absolute Gasteiger partial charge is 0.354 e. The van der Waals surface area contributed by atoms with E-state index in [4.69, 9.17) is 0 Å². The van der Waals surface area contributed by atoms with E-state index in [1.165, 1.54) is 23.1 Å². The third-order valence-electron chi connectivity index (χ3n) is 7.50. The van der Waals surface area contributed by atoms with Gasteiger partial charge in [-0.3, -0.25) is 13.9 Å². The zero-order chi connectivity index (χ0) is 32.6. The van der Waals surface area contributed by atoms with E-state index in [0.29, 0.717) is 17.8 Å². The molecule has 0 bridgehead atoms. The molecule has 0 saturated heterocycles. The Bertz CT molecular complexity index is 1710. The van der Waals surface area contributed by atoms with Crippen molar-refractivity contribution in [1.82, 2.24) is 10.2 Å². The number of aryl methyl sites for hydroxylation is 2. The Hall–Kier alpha value is -4.50. The van der Waals surface area contributed by atoms with Gasteiger partial charge in [0.05, 0.1) is 10.6 Å². The zero-order valence-corrected chi connectivity index (χ0v) is 26.9. The van der Waals surface area contributed by atoms with Crippen LogP contribution in [-0.2, 0) is 32.6 Å². The van der Waals surface area contributed by atoms with Gasteiger partial charge in [0.15, 0.2) is 0 Å². The summed E-state index contributed by atoms with van der Waals surface area (Å²) in [6, 6.07) is 27.6. The molecule has 0 aromatic heterocycles. The van der Waals surface area contributed by atoms with Crippen molar-refractivity contribution in [2.45, 2.75) is 51.6 Å². The second-order valence-corrected chi connectivity index (χ2v) is 13.4. The highest BCUT2D eigenvalue weighted by Crippen LogP contribution is 2.29. The molecule has 9 heteroatoms. The molecule has 0 heterocycles. The van der Waals surface area contributed by atoms with Crippen LogP contribution in [0.1, 0.15) is 36.1 Å². The molecule has 0 spiro atoms. The van der Waals surface area contributed by atoms with Crippen LogP contribution in [-0.4, -0.2) is 44.3 Å². The number of rotatable bonds is 13. The number of carbonyl (C=O) groups is 2. The van der Waals surface area contributed by atoms with Gasteiger partial charge in [0.25, 0.3) is 10.0 Å². The second-order valence-electron chi connectivity index (χ2n) is 11.6. The maximum atomic E-state index is 15.0. The van der Waals surface area contributed by atoms with Crippen LogP contribution in [0.4, 0.5) is 10.1 Å². The van der Waals surface area contributed by atoms with Gasteiger partial charge < -0.3 is 10.2 Å². The molecule has 0 saturated carbocycles. The Kier molecular flexibility index (Phi) is 11.1. The molecule has 1 unspecified atom stereocenters. The van der Waals surface area contributed by atoms with E-state index >= 15 is 4.39 Å². The van der Waals surface area contributed by atoms with Crippen LogP contribution in [0.5, 0.6) is 0 Å². The van der Waals surface area contributed by atoms with Gasteiger partial charge in [0.1, 0.15) is 18.4 Å². The summed E-state index contributed by atoms with van der Waals surface area (Å²) in [6.45, 7) is 7.10. The summed E-state index contributed by atoms with van der Waals surface area (Å²) < 4.78 is 44.4. The van der Waals surface area contributed by atoms with Crippen LogP contribution in [0.15, 0.2) is 108 Å². The third-order valence-corrected chi connectivity index (χ3v) is 9.27.